The Bertz CT molecular complexity index is 947. The Kier molecular flexibility index (Phi) is 6.08. The molecule has 3 fully saturated rings. The Morgan fingerprint density at radius 2 is 1.59 bits per heavy atom. The number of ether oxygens (including phenoxy) is 1. The van der Waals surface area contributed by atoms with Gasteiger partial charge >= 0.3 is 0 Å². The Labute approximate surface area is 193 Å². The summed E-state index contributed by atoms with van der Waals surface area (Å²) in [5.74, 6) is 0.697. The van der Waals surface area contributed by atoms with Crippen LogP contribution >= 0.6 is 11.6 Å². The summed E-state index contributed by atoms with van der Waals surface area (Å²) >= 11 is 6.46. The molecule has 1 spiro atoms. The molecule has 32 heavy (non-hydrogen) atoms. The van der Waals surface area contributed by atoms with Crippen LogP contribution < -0.4 is 0 Å². The quantitative estimate of drug-likeness (QED) is 0.550. The van der Waals surface area contributed by atoms with Gasteiger partial charge in [-0.05, 0) is 71.8 Å². The molecule has 0 amide bonds. The highest BCUT2D eigenvalue weighted by molar-refractivity contribution is 6.31. The van der Waals surface area contributed by atoms with Crippen molar-refractivity contribution in [2.24, 2.45) is 5.41 Å². The van der Waals surface area contributed by atoms with Crippen LogP contribution in [0.5, 0.6) is 0 Å². The van der Waals surface area contributed by atoms with E-state index in [1.807, 2.05) is 6.07 Å². The van der Waals surface area contributed by atoms with Crippen LogP contribution in [0.3, 0.4) is 0 Å². The molecule has 0 aromatic heterocycles. The van der Waals surface area contributed by atoms with Crippen LogP contribution in [0, 0.1) is 5.41 Å². The third-order valence-corrected chi connectivity index (χ3v) is 8.28. The van der Waals surface area contributed by atoms with Gasteiger partial charge in [0.25, 0.3) is 0 Å². The maximum Gasteiger partial charge on any atom is 0.113 e. The lowest BCUT2D eigenvalue weighted by Crippen LogP contribution is -2.55. The second-order valence-corrected chi connectivity index (χ2v) is 10.4. The number of rotatable bonds is 5. The summed E-state index contributed by atoms with van der Waals surface area (Å²) in [6, 6.07) is 14.2. The van der Waals surface area contributed by atoms with Gasteiger partial charge in [0.1, 0.15) is 30.5 Å². The van der Waals surface area contributed by atoms with Crippen LogP contribution in [0.4, 0.5) is 0 Å². The number of hydrogen-bond donors (Lipinski definition) is 4. The number of aliphatic hydroxyl groups is 4. The van der Waals surface area contributed by atoms with Crippen LogP contribution in [0.2, 0.25) is 5.02 Å². The van der Waals surface area contributed by atoms with E-state index in [-0.39, 0.29) is 0 Å². The van der Waals surface area contributed by atoms with Crippen molar-refractivity contribution in [3.8, 4) is 0 Å². The summed E-state index contributed by atoms with van der Waals surface area (Å²) in [6.45, 7) is -0.448. The highest BCUT2D eigenvalue weighted by Gasteiger charge is 2.48. The second kappa shape index (κ2) is 8.71. The third kappa shape index (κ3) is 4.00. The Balaban J connectivity index is 1.30. The third-order valence-electron chi connectivity index (χ3n) is 7.91. The van der Waals surface area contributed by atoms with E-state index in [1.54, 1.807) is 12.1 Å². The maximum atomic E-state index is 10.4. The monoisotopic (exact) mass is 458 g/mol. The van der Waals surface area contributed by atoms with Gasteiger partial charge in [0, 0.05) is 5.02 Å². The van der Waals surface area contributed by atoms with Crippen LogP contribution in [0.1, 0.15) is 66.4 Å². The summed E-state index contributed by atoms with van der Waals surface area (Å²) in [4.78, 5) is 0. The number of halogens is 1. The van der Waals surface area contributed by atoms with Gasteiger partial charge in [-0.15, -0.1) is 0 Å². The zero-order valence-corrected chi connectivity index (χ0v) is 18.8. The predicted molar refractivity (Wildman–Crippen MR) is 122 cm³/mol. The SMILES string of the molecule is OC[C@H]1O[C@H](c2ccc(Cl)c(Cc3ccc(C4CC5(CCC5)C4)cc3)c2)[C@H](O)[C@@H](O)[C@@H]1O. The summed E-state index contributed by atoms with van der Waals surface area (Å²) in [7, 11) is 0. The topological polar surface area (TPSA) is 90.2 Å². The maximum absolute atomic E-state index is 10.4. The van der Waals surface area contributed by atoms with E-state index in [4.69, 9.17) is 16.3 Å². The van der Waals surface area contributed by atoms with Crippen molar-refractivity contribution in [1.29, 1.82) is 0 Å². The molecule has 4 N–H and O–H groups in total. The van der Waals surface area contributed by atoms with Gasteiger partial charge in [-0.25, -0.2) is 0 Å². The van der Waals surface area contributed by atoms with Crippen molar-refractivity contribution >= 4 is 11.6 Å². The van der Waals surface area contributed by atoms with Gasteiger partial charge < -0.3 is 25.2 Å². The first-order valence-corrected chi connectivity index (χ1v) is 11.9. The Morgan fingerprint density at radius 3 is 2.22 bits per heavy atom. The smallest absolute Gasteiger partial charge is 0.113 e. The van der Waals surface area contributed by atoms with Crippen LogP contribution in [-0.2, 0) is 11.2 Å². The predicted octanol–water partition coefficient (Wildman–Crippen LogP) is 3.49. The minimum atomic E-state index is -1.40. The van der Waals surface area contributed by atoms with Gasteiger partial charge in [0.2, 0.25) is 0 Å². The lowest BCUT2D eigenvalue weighted by atomic mass is 9.51. The molecule has 1 saturated heterocycles. The van der Waals surface area contributed by atoms with E-state index in [0.717, 1.165) is 11.1 Å². The molecule has 1 heterocycles. The van der Waals surface area contributed by atoms with Gasteiger partial charge in [0.05, 0.1) is 6.61 Å². The van der Waals surface area contributed by atoms with Crippen LogP contribution in [0.25, 0.3) is 0 Å². The average molecular weight is 459 g/mol. The largest absolute Gasteiger partial charge is 0.394 e. The molecule has 0 bridgehead atoms. The molecular formula is C26H31ClO5. The number of aliphatic hydroxyl groups excluding tert-OH is 4. The molecular weight excluding hydrogens is 428 g/mol. The summed E-state index contributed by atoms with van der Waals surface area (Å²) in [6.07, 6.45) is 1.65. The molecule has 172 valence electrons. The molecule has 0 radical (unpaired) electrons. The first-order chi connectivity index (χ1) is 15.4. The Hall–Kier alpha value is -1.47. The summed E-state index contributed by atoms with van der Waals surface area (Å²) in [5.41, 5.74) is 4.79. The molecule has 2 aliphatic carbocycles. The number of hydrogen-bond acceptors (Lipinski definition) is 5. The molecule has 0 unspecified atom stereocenters. The molecule has 5 atom stereocenters. The fourth-order valence-electron chi connectivity index (χ4n) is 5.72. The standard InChI is InChI=1S/C26H31ClO5/c27-20-7-6-17(25-24(31)23(30)22(29)21(14-28)32-25)11-18(20)10-15-2-4-16(5-3-15)19-12-26(13-19)8-1-9-26/h2-7,11,19,21-25,28-31H,1,8-10,12-14H2/t21-,22-,23+,24-,25-/m1/s1. The molecule has 2 aromatic carbocycles. The van der Waals surface area contributed by atoms with E-state index in [1.165, 1.54) is 37.7 Å². The molecule has 1 aliphatic heterocycles. The van der Waals surface area contributed by atoms with Crippen LogP contribution in [0.15, 0.2) is 42.5 Å². The lowest BCUT2D eigenvalue weighted by molar-refractivity contribution is -0.231. The first kappa shape index (κ1) is 22.3. The van der Waals surface area contributed by atoms with Crippen molar-refractivity contribution < 1.29 is 25.2 Å². The summed E-state index contributed by atoms with van der Waals surface area (Å²) in [5, 5.41) is 40.7. The molecule has 2 saturated carbocycles. The van der Waals surface area contributed by atoms with E-state index in [9.17, 15) is 20.4 Å². The van der Waals surface area contributed by atoms with Gasteiger partial charge in [-0.3, -0.25) is 0 Å². The van der Waals surface area contributed by atoms with E-state index in [2.05, 4.69) is 24.3 Å². The molecule has 3 aliphatic rings. The van der Waals surface area contributed by atoms with E-state index < -0.39 is 37.1 Å². The molecule has 2 aromatic rings. The van der Waals surface area contributed by atoms with Gasteiger partial charge in [0.15, 0.2) is 0 Å². The minimum Gasteiger partial charge on any atom is -0.394 e. The molecule has 5 rings (SSSR count). The molecule has 5 nitrogen and oxygen atoms in total. The highest BCUT2D eigenvalue weighted by atomic mass is 35.5. The zero-order chi connectivity index (χ0) is 22.5. The first-order valence-electron chi connectivity index (χ1n) is 11.6. The van der Waals surface area contributed by atoms with Crippen molar-refractivity contribution in [3.05, 3.63) is 69.7 Å². The summed E-state index contributed by atoms with van der Waals surface area (Å²) < 4.78 is 5.70. The second-order valence-electron chi connectivity index (χ2n) is 9.98. The minimum absolute atomic E-state index is 0.448. The average Bonchev–Trinajstić information content (AvgIpc) is 2.73. The van der Waals surface area contributed by atoms with Crippen molar-refractivity contribution in [1.82, 2.24) is 0 Å². The zero-order valence-electron chi connectivity index (χ0n) is 18.0. The molecule has 6 heteroatoms. The number of benzene rings is 2. The van der Waals surface area contributed by atoms with Crippen molar-refractivity contribution in [3.63, 3.8) is 0 Å². The van der Waals surface area contributed by atoms with Crippen molar-refractivity contribution in [2.45, 2.75) is 75.0 Å². The fraction of sp³-hybridized carbons (Fsp3) is 0.538. The fourth-order valence-corrected chi connectivity index (χ4v) is 5.90. The van der Waals surface area contributed by atoms with Gasteiger partial charge in [-0.1, -0.05) is 54.4 Å². The van der Waals surface area contributed by atoms with E-state index >= 15 is 0 Å². The lowest BCUT2D eigenvalue weighted by Gasteiger charge is -2.54. The Morgan fingerprint density at radius 1 is 0.906 bits per heavy atom. The highest BCUT2D eigenvalue weighted by Crippen LogP contribution is 2.61. The van der Waals surface area contributed by atoms with Gasteiger partial charge in [-0.2, -0.15) is 0 Å². The van der Waals surface area contributed by atoms with E-state index in [0.29, 0.717) is 28.3 Å². The normalized spacial score (nSPS) is 31.8. The van der Waals surface area contributed by atoms with Crippen molar-refractivity contribution in [2.75, 3.05) is 6.61 Å². The van der Waals surface area contributed by atoms with Crippen LogP contribution in [-0.4, -0.2) is 51.4 Å².